The monoisotopic (exact) mass is 285 g/mol. The summed E-state index contributed by atoms with van der Waals surface area (Å²) < 4.78 is 10.8. The summed E-state index contributed by atoms with van der Waals surface area (Å²) in [5, 5.41) is 3.38. The molecule has 0 heterocycles. The number of hydrogen-bond acceptors (Lipinski definition) is 3. The van der Waals surface area contributed by atoms with E-state index in [0.29, 0.717) is 0 Å². The summed E-state index contributed by atoms with van der Waals surface area (Å²) in [6.45, 7) is 2.12. The lowest BCUT2D eigenvalue weighted by Gasteiger charge is -2.20. The fourth-order valence-electron chi connectivity index (χ4n) is 2.55. The second-order valence-electron chi connectivity index (χ2n) is 5.14. The van der Waals surface area contributed by atoms with Crippen molar-refractivity contribution in [2.24, 2.45) is 0 Å². The van der Waals surface area contributed by atoms with Crippen molar-refractivity contribution in [1.29, 1.82) is 0 Å². The molecule has 3 heteroatoms. The van der Waals surface area contributed by atoms with Gasteiger partial charge >= 0.3 is 0 Å². The van der Waals surface area contributed by atoms with Crippen LogP contribution >= 0.6 is 0 Å². The Morgan fingerprint density at radius 3 is 2.48 bits per heavy atom. The van der Waals surface area contributed by atoms with Crippen molar-refractivity contribution in [2.75, 3.05) is 21.3 Å². The molecule has 1 N–H and O–H groups in total. The van der Waals surface area contributed by atoms with Gasteiger partial charge in [-0.05, 0) is 32.0 Å². The number of hydrogen-bond donors (Lipinski definition) is 1. The minimum Gasteiger partial charge on any atom is -0.497 e. The molecule has 0 amide bonds. The van der Waals surface area contributed by atoms with Crippen LogP contribution in [0.1, 0.15) is 22.7 Å². The van der Waals surface area contributed by atoms with Gasteiger partial charge in [-0.3, -0.25) is 0 Å². The van der Waals surface area contributed by atoms with Crippen molar-refractivity contribution in [3.8, 4) is 11.5 Å². The molecule has 0 spiro atoms. The standard InChI is InChI=1S/C18H23NO2/c1-13-6-5-7-14(10-13)11-17(19-2)16-9-8-15(20-3)12-18(16)21-4/h5-10,12,17,19H,11H2,1-4H3. The number of rotatable bonds is 6. The number of nitrogens with one attached hydrogen (secondary N) is 1. The van der Waals surface area contributed by atoms with Gasteiger partial charge in [-0.1, -0.05) is 35.9 Å². The maximum Gasteiger partial charge on any atom is 0.127 e. The van der Waals surface area contributed by atoms with Gasteiger partial charge in [0.25, 0.3) is 0 Å². The highest BCUT2D eigenvalue weighted by Gasteiger charge is 2.16. The Morgan fingerprint density at radius 1 is 1.05 bits per heavy atom. The smallest absolute Gasteiger partial charge is 0.127 e. The highest BCUT2D eigenvalue weighted by Crippen LogP contribution is 2.31. The van der Waals surface area contributed by atoms with Gasteiger partial charge < -0.3 is 14.8 Å². The molecule has 3 nitrogen and oxygen atoms in total. The quantitative estimate of drug-likeness (QED) is 0.881. The average Bonchev–Trinajstić information content (AvgIpc) is 2.52. The third kappa shape index (κ3) is 3.76. The largest absolute Gasteiger partial charge is 0.497 e. The van der Waals surface area contributed by atoms with Gasteiger partial charge in [0.1, 0.15) is 11.5 Å². The summed E-state index contributed by atoms with van der Waals surface area (Å²) >= 11 is 0. The zero-order valence-corrected chi connectivity index (χ0v) is 13.1. The number of benzene rings is 2. The predicted octanol–water partition coefficient (Wildman–Crippen LogP) is 3.52. The van der Waals surface area contributed by atoms with E-state index in [-0.39, 0.29) is 6.04 Å². The summed E-state index contributed by atoms with van der Waals surface area (Å²) in [6, 6.07) is 14.8. The van der Waals surface area contributed by atoms with Crippen LogP contribution in [0.3, 0.4) is 0 Å². The van der Waals surface area contributed by atoms with Crippen molar-refractivity contribution in [1.82, 2.24) is 5.32 Å². The molecule has 0 aliphatic heterocycles. The van der Waals surface area contributed by atoms with Gasteiger partial charge in [-0.15, -0.1) is 0 Å². The third-order valence-corrected chi connectivity index (χ3v) is 3.69. The minimum atomic E-state index is 0.202. The first-order chi connectivity index (χ1) is 10.2. The Hall–Kier alpha value is -2.00. The second-order valence-corrected chi connectivity index (χ2v) is 5.14. The predicted molar refractivity (Wildman–Crippen MR) is 86.2 cm³/mol. The van der Waals surface area contributed by atoms with Gasteiger partial charge in [0, 0.05) is 17.7 Å². The SMILES string of the molecule is CNC(Cc1cccc(C)c1)c1ccc(OC)cc1OC. The lowest BCUT2D eigenvalue weighted by Crippen LogP contribution is -2.19. The van der Waals surface area contributed by atoms with E-state index < -0.39 is 0 Å². The molecule has 0 bridgehead atoms. The van der Waals surface area contributed by atoms with Crippen molar-refractivity contribution < 1.29 is 9.47 Å². The lowest BCUT2D eigenvalue weighted by molar-refractivity contribution is 0.385. The van der Waals surface area contributed by atoms with Crippen LogP contribution in [0.4, 0.5) is 0 Å². The van der Waals surface area contributed by atoms with E-state index in [0.717, 1.165) is 23.5 Å². The first kappa shape index (κ1) is 15.4. The molecular formula is C18H23NO2. The first-order valence-electron chi connectivity index (χ1n) is 7.12. The van der Waals surface area contributed by atoms with Crippen molar-refractivity contribution >= 4 is 0 Å². The molecule has 0 aliphatic carbocycles. The van der Waals surface area contributed by atoms with Crippen LogP contribution < -0.4 is 14.8 Å². The van der Waals surface area contributed by atoms with Crippen molar-refractivity contribution in [3.05, 3.63) is 59.2 Å². The van der Waals surface area contributed by atoms with Crippen LogP contribution in [0.5, 0.6) is 11.5 Å². The number of methoxy groups -OCH3 is 2. The Labute approximate surface area is 126 Å². The molecule has 2 rings (SSSR count). The number of likely N-dealkylation sites (N-methyl/N-ethyl adjacent to an activating group) is 1. The van der Waals surface area contributed by atoms with Crippen LogP contribution in [-0.2, 0) is 6.42 Å². The molecule has 112 valence electrons. The molecular weight excluding hydrogens is 262 g/mol. The number of aryl methyl sites for hydroxylation is 1. The van der Waals surface area contributed by atoms with E-state index in [1.165, 1.54) is 11.1 Å². The molecule has 2 aromatic carbocycles. The molecule has 0 radical (unpaired) electrons. The number of ether oxygens (including phenoxy) is 2. The Bertz CT molecular complexity index is 596. The summed E-state index contributed by atoms with van der Waals surface area (Å²) in [7, 11) is 5.33. The van der Waals surface area contributed by atoms with E-state index in [9.17, 15) is 0 Å². The zero-order valence-electron chi connectivity index (χ0n) is 13.1. The highest BCUT2D eigenvalue weighted by molar-refractivity contribution is 5.43. The van der Waals surface area contributed by atoms with Crippen molar-refractivity contribution in [3.63, 3.8) is 0 Å². The molecule has 21 heavy (non-hydrogen) atoms. The first-order valence-corrected chi connectivity index (χ1v) is 7.12. The topological polar surface area (TPSA) is 30.5 Å². The maximum atomic E-state index is 5.51. The van der Waals surface area contributed by atoms with Gasteiger partial charge in [0.2, 0.25) is 0 Å². The maximum absolute atomic E-state index is 5.51. The summed E-state index contributed by atoms with van der Waals surface area (Å²) in [6.07, 6.45) is 0.918. The molecule has 0 fully saturated rings. The van der Waals surface area contributed by atoms with Crippen LogP contribution in [-0.4, -0.2) is 21.3 Å². The molecule has 2 aromatic rings. The zero-order chi connectivity index (χ0) is 15.2. The third-order valence-electron chi connectivity index (χ3n) is 3.69. The molecule has 0 aliphatic rings. The van der Waals surface area contributed by atoms with Crippen LogP contribution in [0, 0.1) is 6.92 Å². The van der Waals surface area contributed by atoms with Crippen LogP contribution in [0.15, 0.2) is 42.5 Å². The van der Waals surface area contributed by atoms with E-state index in [4.69, 9.17) is 9.47 Å². The van der Waals surface area contributed by atoms with Crippen LogP contribution in [0.2, 0.25) is 0 Å². The van der Waals surface area contributed by atoms with E-state index in [1.54, 1.807) is 14.2 Å². The van der Waals surface area contributed by atoms with E-state index >= 15 is 0 Å². The fraction of sp³-hybridized carbons (Fsp3) is 0.333. The van der Waals surface area contributed by atoms with Gasteiger partial charge in [-0.2, -0.15) is 0 Å². The summed E-state index contributed by atoms with van der Waals surface area (Å²) in [4.78, 5) is 0. The lowest BCUT2D eigenvalue weighted by atomic mass is 9.97. The molecule has 0 saturated carbocycles. The van der Waals surface area contributed by atoms with Gasteiger partial charge in [-0.25, -0.2) is 0 Å². The van der Waals surface area contributed by atoms with Gasteiger partial charge in [0.05, 0.1) is 14.2 Å². The molecule has 0 saturated heterocycles. The Morgan fingerprint density at radius 2 is 1.86 bits per heavy atom. The normalized spacial score (nSPS) is 12.0. The molecule has 1 atom stereocenters. The highest BCUT2D eigenvalue weighted by atomic mass is 16.5. The Balaban J connectivity index is 2.28. The Kier molecular flexibility index (Phi) is 5.23. The summed E-state index contributed by atoms with van der Waals surface area (Å²) in [5.74, 6) is 1.65. The molecule has 0 aromatic heterocycles. The van der Waals surface area contributed by atoms with Crippen molar-refractivity contribution in [2.45, 2.75) is 19.4 Å². The minimum absolute atomic E-state index is 0.202. The second kappa shape index (κ2) is 7.14. The van der Waals surface area contributed by atoms with E-state index in [2.05, 4.69) is 42.6 Å². The van der Waals surface area contributed by atoms with Crippen LogP contribution in [0.25, 0.3) is 0 Å². The molecule has 1 unspecified atom stereocenters. The van der Waals surface area contributed by atoms with E-state index in [1.807, 2.05) is 19.2 Å². The fourth-order valence-corrected chi connectivity index (χ4v) is 2.55. The average molecular weight is 285 g/mol. The summed E-state index contributed by atoms with van der Waals surface area (Å²) in [5.41, 5.74) is 3.73. The van der Waals surface area contributed by atoms with Gasteiger partial charge in [0.15, 0.2) is 0 Å².